The molecule has 33 heavy (non-hydrogen) atoms. The Bertz CT molecular complexity index is 1020. The van der Waals surface area contributed by atoms with Crippen LogP contribution >= 0.6 is 0 Å². The van der Waals surface area contributed by atoms with Gasteiger partial charge in [0.05, 0.1) is 24.7 Å². The van der Waals surface area contributed by atoms with Crippen LogP contribution in [0.1, 0.15) is 56.9 Å². The van der Waals surface area contributed by atoms with Gasteiger partial charge in [-0.3, -0.25) is 14.5 Å². The van der Waals surface area contributed by atoms with Crippen molar-refractivity contribution in [1.29, 1.82) is 0 Å². The van der Waals surface area contributed by atoms with Crippen LogP contribution in [-0.2, 0) is 21.5 Å². The Morgan fingerprint density at radius 1 is 1.21 bits per heavy atom. The lowest BCUT2D eigenvalue weighted by Crippen LogP contribution is -2.40. The second kappa shape index (κ2) is 9.25. The minimum Gasteiger partial charge on any atom is -0.444 e. The van der Waals surface area contributed by atoms with E-state index in [2.05, 4.69) is 30.7 Å². The third-order valence-corrected chi connectivity index (χ3v) is 6.65. The van der Waals surface area contributed by atoms with Gasteiger partial charge in [-0.05, 0) is 24.1 Å². The first kappa shape index (κ1) is 23.4. The molecule has 2 unspecified atom stereocenters. The van der Waals surface area contributed by atoms with E-state index in [-0.39, 0.29) is 29.5 Å². The van der Waals surface area contributed by atoms with Gasteiger partial charge in [-0.15, -0.1) is 0 Å². The van der Waals surface area contributed by atoms with Gasteiger partial charge in [0.2, 0.25) is 17.7 Å². The van der Waals surface area contributed by atoms with Gasteiger partial charge in [-0.25, -0.2) is 9.37 Å². The van der Waals surface area contributed by atoms with E-state index in [1.807, 2.05) is 4.90 Å². The summed E-state index contributed by atoms with van der Waals surface area (Å²) in [6, 6.07) is 5.77. The number of amides is 2. The minimum absolute atomic E-state index is 0.0325. The molecule has 1 aromatic heterocycles. The number of aromatic nitrogens is 1. The summed E-state index contributed by atoms with van der Waals surface area (Å²) < 4.78 is 19.8. The van der Waals surface area contributed by atoms with Crippen molar-refractivity contribution in [2.45, 2.75) is 51.6 Å². The largest absolute Gasteiger partial charge is 0.444 e. The number of nitrogens with zero attached hydrogens (tertiary/aromatic N) is 4. The number of likely N-dealkylation sites (tertiary alicyclic amines) is 1. The lowest BCUT2D eigenvalue weighted by Gasteiger charge is -2.29. The molecule has 178 valence electrons. The number of carbonyl (C=O) groups is 2. The Balaban J connectivity index is 1.42. The Hall–Kier alpha value is -2.74. The molecule has 2 amide bonds. The summed E-state index contributed by atoms with van der Waals surface area (Å²) >= 11 is 0. The summed E-state index contributed by atoms with van der Waals surface area (Å²) in [6.45, 7) is 9.65. The SMILES string of the molecule is CN1C(=O)CC(C(=O)N2CCCN(Cc3ncc(C(C)(C)C)o3)CC2)C1c1cccc(F)c1. The van der Waals surface area contributed by atoms with Crippen LogP contribution in [0.2, 0.25) is 0 Å². The van der Waals surface area contributed by atoms with Crippen LogP contribution < -0.4 is 0 Å². The number of carbonyl (C=O) groups excluding carboxylic acids is 2. The first-order valence-corrected chi connectivity index (χ1v) is 11.6. The first-order valence-electron chi connectivity index (χ1n) is 11.6. The highest BCUT2D eigenvalue weighted by molar-refractivity contribution is 5.90. The fourth-order valence-corrected chi connectivity index (χ4v) is 4.74. The molecular weight excluding hydrogens is 423 g/mol. The third-order valence-electron chi connectivity index (χ3n) is 6.65. The molecule has 0 saturated carbocycles. The monoisotopic (exact) mass is 456 g/mol. The van der Waals surface area contributed by atoms with Crippen LogP contribution in [-0.4, -0.2) is 64.7 Å². The number of oxazole rings is 1. The molecule has 1 aromatic carbocycles. The zero-order valence-electron chi connectivity index (χ0n) is 19.9. The summed E-state index contributed by atoms with van der Waals surface area (Å²) in [6.07, 6.45) is 2.78. The Morgan fingerprint density at radius 2 is 2.00 bits per heavy atom. The maximum atomic E-state index is 13.9. The molecule has 2 aromatic rings. The van der Waals surface area contributed by atoms with Crippen molar-refractivity contribution in [3.8, 4) is 0 Å². The van der Waals surface area contributed by atoms with Crippen LogP contribution in [0, 0.1) is 11.7 Å². The smallest absolute Gasteiger partial charge is 0.228 e. The predicted octanol–water partition coefficient (Wildman–Crippen LogP) is 3.37. The van der Waals surface area contributed by atoms with Crippen molar-refractivity contribution in [3.63, 3.8) is 0 Å². The number of benzene rings is 1. The van der Waals surface area contributed by atoms with Crippen molar-refractivity contribution in [3.05, 3.63) is 53.5 Å². The molecule has 4 rings (SSSR count). The van der Waals surface area contributed by atoms with Gasteiger partial charge in [-0.1, -0.05) is 32.9 Å². The van der Waals surface area contributed by atoms with Crippen molar-refractivity contribution in [1.82, 2.24) is 19.7 Å². The van der Waals surface area contributed by atoms with E-state index in [1.54, 1.807) is 30.3 Å². The molecule has 0 bridgehead atoms. The van der Waals surface area contributed by atoms with E-state index in [9.17, 15) is 14.0 Å². The predicted molar refractivity (Wildman–Crippen MR) is 122 cm³/mol. The van der Waals surface area contributed by atoms with Gasteiger partial charge < -0.3 is 14.2 Å². The fraction of sp³-hybridized carbons (Fsp3) is 0.560. The Labute approximate surface area is 194 Å². The zero-order chi connectivity index (χ0) is 23.8. The number of hydrogen-bond donors (Lipinski definition) is 0. The van der Waals surface area contributed by atoms with Crippen LogP contribution in [0.4, 0.5) is 4.39 Å². The topological polar surface area (TPSA) is 69.9 Å². The molecule has 7 nitrogen and oxygen atoms in total. The van der Waals surface area contributed by atoms with Gasteiger partial charge >= 0.3 is 0 Å². The number of halogens is 1. The molecular formula is C25H33FN4O3. The lowest BCUT2D eigenvalue weighted by atomic mass is 9.92. The van der Waals surface area contributed by atoms with Gasteiger partial charge in [0.15, 0.2) is 0 Å². The molecule has 2 fully saturated rings. The minimum atomic E-state index is -0.503. The molecule has 2 aliphatic rings. The molecule has 0 radical (unpaired) electrons. The van der Waals surface area contributed by atoms with Crippen molar-refractivity contribution in [2.24, 2.45) is 5.92 Å². The van der Waals surface area contributed by atoms with E-state index in [0.717, 1.165) is 18.7 Å². The third kappa shape index (κ3) is 5.11. The number of rotatable bonds is 4. The van der Waals surface area contributed by atoms with Gasteiger partial charge in [0, 0.05) is 45.1 Å². The van der Waals surface area contributed by atoms with E-state index < -0.39 is 12.0 Å². The summed E-state index contributed by atoms with van der Waals surface area (Å²) in [5.74, 6) is 0.568. The lowest BCUT2D eigenvalue weighted by molar-refractivity contribution is -0.136. The average molecular weight is 457 g/mol. The van der Waals surface area contributed by atoms with Crippen LogP contribution in [0.3, 0.4) is 0 Å². The average Bonchev–Trinajstić information content (AvgIpc) is 3.26. The Kier molecular flexibility index (Phi) is 6.56. The molecule has 3 heterocycles. The summed E-state index contributed by atoms with van der Waals surface area (Å²) in [5.41, 5.74) is 0.578. The molecule has 0 spiro atoms. The van der Waals surface area contributed by atoms with E-state index in [4.69, 9.17) is 4.42 Å². The summed E-state index contributed by atoms with van der Waals surface area (Å²) in [5, 5.41) is 0. The van der Waals surface area contributed by atoms with Crippen molar-refractivity contribution < 1.29 is 18.4 Å². The second-order valence-corrected chi connectivity index (χ2v) is 10.1. The first-order chi connectivity index (χ1) is 15.6. The Morgan fingerprint density at radius 3 is 2.70 bits per heavy atom. The highest BCUT2D eigenvalue weighted by Gasteiger charge is 2.44. The summed E-state index contributed by atoms with van der Waals surface area (Å²) in [7, 11) is 1.69. The standard InChI is InChI=1S/C25H33FN4O3/c1-25(2,3)20-15-27-21(33-20)16-29-9-6-10-30(12-11-29)24(32)19-14-22(31)28(4)23(19)17-7-5-8-18(26)13-17/h5,7-8,13,15,19,23H,6,9-12,14,16H2,1-4H3. The highest BCUT2D eigenvalue weighted by atomic mass is 19.1. The van der Waals surface area contributed by atoms with Gasteiger partial charge in [0.1, 0.15) is 11.6 Å². The van der Waals surface area contributed by atoms with Gasteiger partial charge in [0.25, 0.3) is 0 Å². The maximum Gasteiger partial charge on any atom is 0.228 e. The maximum absolute atomic E-state index is 13.9. The van der Waals surface area contributed by atoms with Gasteiger partial charge in [-0.2, -0.15) is 0 Å². The molecule has 2 aliphatic heterocycles. The zero-order valence-corrected chi connectivity index (χ0v) is 19.9. The summed E-state index contributed by atoms with van der Waals surface area (Å²) in [4.78, 5) is 36.1. The van der Waals surface area contributed by atoms with E-state index in [1.165, 1.54) is 12.1 Å². The van der Waals surface area contributed by atoms with E-state index >= 15 is 0 Å². The van der Waals surface area contributed by atoms with Crippen LogP contribution in [0.25, 0.3) is 0 Å². The molecule has 2 saturated heterocycles. The molecule has 0 aliphatic carbocycles. The van der Waals surface area contributed by atoms with Crippen molar-refractivity contribution >= 4 is 11.8 Å². The second-order valence-electron chi connectivity index (χ2n) is 10.1. The molecule has 2 atom stereocenters. The molecule has 0 N–H and O–H groups in total. The molecule has 8 heteroatoms. The van der Waals surface area contributed by atoms with Crippen molar-refractivity contribution in [2.75, 3.05) is 33.2 Å². The van der Waals surface area contributed by atoms with Crippen LogP contribution in [0.5, 0.6) is 0 Å². The number of hydrogen-bond acceptors (Lipinski definition) is 5. The highest BCUT2D eigenvalue weighted by Crippen LogP contribution is 2.38. The fourth-order valence-electron chi connectivity index (χ4n) is 4.74. The van der Waals surface area contributed by atoms with E-state index in [0.29, 0.717) is 37.6 Å². The quantitative estimate of drug-likeness (QED) is 0.706. The van der Waals surface area contributed by atoms with Crippen LogP contribution in [0.15, 0.2) is 34.9 Å². The normalized spacial score (nSPS) is 22.6.